The zero-order chi connectivity index (χ0) is 15.6. The molecule has 0 heterocycles. The van der Waals surface area contributed by atoms with E-state index < -0.39 is 0 Å². The molecule has 0 aromatic heterocycles. The van der Waals surface area contributed by atoms with Gasteiger partial charge in [0.25, 0.3) is 0 Å². The van der Waals surface area contributed by atoms with Crippen molar-refractivity contribution in [3.63, 3.8) is 0 Å². The summed E-state index contributed by atoms with van der Waals surface area (Å²) < 4.78 is 0. The first-order chi connectivity index (χ1) is 10.3. The third-order valence-corrected chi connectivity index (χ3v) is 4.51. The lowest BCUT2D eigenvalue weighted by Crippen LogP contribution is -2.29. The van der Waals surface area contributed by atoms with Crippen molar-refractivity contribution < 1.29 is 0 Å². The Kier molecular flexibility index (Phi) is 18.0. The minimum absolute atomic E-state index is 0.789. The van der Waals surface area contributed by atoms with Crippen LogP contribution in [0.15, 0.2) is 0 Å². The van der Waals surface area contributed by atoms with Crippen LogP contribution in [0.1, 0.15) is 117 Å². The molecule has 0 aliphatic rings. The van der Waals surface area contributed by atoms with Crippen LogP contribution in [-0.4, -0.2) is 12.6 Å². The molecule has 1 N–H and O–H groups in total. The van der Waals surface area contributed by atoms with E-state index in [1.165, 1.54) is 103 Å². The summed E-state index contributed by atoms with van der Waals surface area (Å²) in [6.45, 7) is 8.15. The van der Waals surface area contributed by atoms with E-state index in [-0.39, 0.29) is 0 Å². The van der Waals surface area contributed by atoms with Crippen molar-refractivity contribution in [1.29, 1.82) is 0 Å². The van der Waals surface area contributed by atoms with E-state index in [9.17, 15) is 0 Å². The van der Waals surface area contributed by atoms with Crippen LogP contribution in [0.2, 0.25) is 0 Å². The lowest BCUT2D eigenvalue weighted by Gasteiger charge is -2.18. The van der Waals surface area contributed by atoms with E-state index in [0.29, 0.717) is 0 Å². The summed E-state index contributed by atoms with van der Waals surface area (Å²) in [5, 5.41) is 3.81. The highest BCUT2D eigenvalue weighted by atomic mass is 14.9. The third-order valence-electron chi connectivity index (χ3n) is 4.51. The summed E-state index contributed by atoms with van der Waals surface area (Å²) in [5.41, 5.74) is 0. The van der Waals surface area contributed by atoms with Crippen LogP contribution in [0.25, 0.3) is 0 Å². The summed E-state index contributed by atoms with van der Waals surface area (Å²) in [6.07, 6.45) is 21.1. The number of unbranched alkanes of at least 4 members (excludes halogenated alkanes) is 10. The van der Waals surface area contributed by atoms with E-state index in [4.69, 9.17) is 0 Å². The highest BCUT2D eigenvalue weighted by molar-refractivity contribution is 4.66. The van der Waals surface area contributed by atoms with Gasteiger partial charge in [-0.2, -0.15) is 0 Å². The average Bonchev–Trinajstić information content (AvgIpc) is 2.49. The molecule has 0 saturated heterocycles. The molecule has 0 aliphatic heterocycles. The predicted molar refractivity (Wildman–Crippen MR) is 98.1 cm³/mol. The fourth-order valence-corrected chi connectivity index (χ4v) is 3.08. The van der Waals surface area contributed by atoms with Crippen molar-refractivity contribution in [3.05, 3.63) is 0 Å². The molecule has 1 heteroatoms. The van der Waals surface area contributed by atoms with Crippen LogP contribution in [0.5, 0.6) is 0 Å². The Morgan fingerprint density at radius 2 is 1.05 bits per heavy atom. The summed E-state index contributed by atoms with van der Waals surface area (Å²) in [7, 11) is 0. The van der Waals surface area contributed by atoms with E-state index in [0.717, 1.165) is 6.04 Å². The fourth-order valence-electron chi connectivity index (χ4n) is 3.08. The summed E-state index contributed by atoms with van der Waals surface area (Å²) in [4.78, 5) is 0. The minimum atomic E-state index is 0.789. The first kappa shape index (κ1) is 21.0. The maximum atomic E-state index is 3.81. The van der Waals surface area contributed by atoms with Crippen molar-refractivity contribution in [1.82, 2.24) is 5.32 Å². The Morgan fingerprint density at radius 1 is 0.524 bits per heavy atom. The van der Waals surface area contributed by atoms with Gasteiger partial charge in [-0.3, -0.25) is 0 Å². The number of rotatable bonds is 17. The molecule has 0 aromatic rings. The van der Waals surface area contributed by atoms with Crippen molar-refractivity contribution in [3.8, 4) is 0 Å². The standard InChI is InChI=1S/C20H43N/c1-4-7-9-11-13-15-18-20(17-6-3)21-19-16-14-12-10-8-5-2/h20-21H,4-19H2,1-3H3. The van der Waals surface area contributed by atoms with Crippen molar-refractivity contribution >= 4 is 0 Å². The van der Waals surface area contributed by atoms with Crippen LogP contribution in [0.4, 0.5) is 0 Å². The zero-order valence-corrected chi connectivity index (χ0v) is 15.4. The van der Waals surface area contributed by atoms with E-state index in [1.807, 2.05) is 0 Å². The van der Waals surface area contributed by atoms with Gasteiger partial charge in [0.2, 0.25) is 0 Å². The molecule has 0 bridgehead atoms. The second-order valence-electron chi connectivity index (χ2n) is 6.76. The zero-order valence-electron chi connectivity index (χ0n) is 15.4. The Hall–Kier alpha value is -0.0400. The van der Waals surface area contributed by atoms with Gasteiger partial charge in [0.15, 0.2) is 0 Å². The molecule has 0 spiro atoms. The predicted octanol–water partition coefficient (Wildman–Crippen LogP) is 6.86. The van der Waals surface area contributed by atoms with Gasteiger partial charge in [-0.25, -0.2) is 0 Å². The maximum Gasteiger partial charge on any atom is 0.00669 e. The van der Waals surface area contributed by atoms with Crippen molar-refractivity contribution in [2.75, 3.05) is 6.54 Å². The molecular formula is C20H43N. The number of hydrogen-bond donors (Lipinski definition) is 1. The molecule has 0 amide bonds. The summed E-state index contributed by atoms with van der Waals surface area (Å²) in [5.74, 6) is 0. The lowest BCUT2D eigenvalue weighted by molar-refractivity contribution is 0.418. The number of nitrogens with one attached hydrogen (secondary N) is 1. The molecule has 0 fully saturated rings. The smallest absolute Gasteiger partial charge is 0.00669 e. The molecule has 21 heavy (non-hydrogen) atoms. The number of hydrogen-bond acceptors (Lipinski definition) is 1. The van der Waals surface area contributed by atoms with Gasteiger partial charge >= 0.3 is 0 Å². The van der Waals surface area contributed by atoms with Crippen LogP contribution < -0.4 is 5.32 Å². The van der Waals surface area contributed by atoms with Gasteiger partial charge in [0.05, 0.1) is 0 Å². The molecule has 0 saturated carbocycles. The van der Waals surface area contributed by atoms with E-state index in [2.05, 4.69) is 26.1 Å². The van der Waals surface area contributed by atoms with Crippen molar-refractivity contribution in [2.45, 2.75) is 123 Å². The average molecular weight is 298 g/mol. The van der Waals surface area contributed by atoms with Gasteiger partial charge in [-0.1, -0.05) is 97.8 Å². The first-order valence-electron chi connectivity index (χ1n) is 10.1. The first-order valence-corrected chi connectivity index (χ1v) is 10.1. The van der Waals surface area contributed by atoms with E-state index >= 15 is 0 Å². The Labute approximate surface area is 135 Å². The summed E-state index contributed by atoms with van der Waals surface area (Å²) in [6, 6.07) is 0.789. The quantitative estimate of drug-likeness (QED) is 0.289. The second kappa shape index (κ2) is 18.0. The molecule has 0 aliphatic carbocycles. The largest absolute Gasteiger partial charge is 0.314 e. The highest BCUT2D eigenvalue weighted by Crippen LogP contribution is 2.12. The Bertz CT molecular complexity index is 179. The molecule has 0 radical (unpaired) electrons. The van der Waals surface area contributed by atoms with Crippen LogP contribution in [0.3, 0.4) is 0 Å². The fraction of sp³-hybridized carbons (Fsp3) is 1.00. The SMILES string of the molecule is CCCCCCCCNC(CCC)CCCCCCCC. The van der Waals surface area contributed by atoms with Gasteiger partial charge in [0.1, 0.15) is 0 Å². The van der Waals surface area contributed by atoms with Gasteiger partial charge < -0.3 is 5.32 Å². The van der Waals surface area contributed by atoms with Gasteiger partial charge in [-0.15, -0.1) is 0 Å². The molecule has 0 rings (SSSR count). The topological polar surface area (TPSA) is 12.0 Å². The third kappa shape index (κ3) is 16.2. The second-order valence-corrected chi connectivity index (χ2v) is 6.76. The van der Waals surface area contributed by atoms with Crippen LogP contribution >= 0.6 is 0 Å². The molecule has 1 unspecified atom stereocenters. The molecular weight excluding hydrogens is 254 g/mol. The molecule has 0 aromatic carbocycles. The lowest BCUT2D eigenvalue weighted by atomic mass is 10.0. The Morgan fingerprint density at radius 3 is 1.62 bits per heavy atom. The molecule has 128 valence electrons. The highest BCUT2D eigenvalue weighted by Gasteiger charge is 2.06. The monoisotopic (exact) mass is 297 g/mol. The molecule has 1 nitrogen and oxygen atoms in total. The van der Waals surface area contributed by atoms with Crippen LogP contribution in [-0.2, 0) is 0 Å². The van der Waals surface area contributed by atoms with Crippen LogP contribution in [0, 0.1) is 0 Å². The Balaban J connectivity index is 3.44. The van der Waals surface area contributed by atoms with Gasteiger partial charge in [0, 0.05) is 6.04 Å². The van der Waals surface area contributed by atoms with E-state index in [1.54, 1.807) is 0 Å². The maximum absolute atomic E-state index is 3.81. The summed E-state index contributed by atoms with van der Waals surface area (Å²) >= 11 is 0. The van der Waals surface area contributed by atoms with Crippen molar-refractivity contribution in [2.24, 2.45) is 0 Å². The minimum Gasteiger partial charge on any atom is -0.314 e. The normalized spacial score (nSPS) is 12.7. The van der Waals surface area contributed by atoms with Gasteiger partial charge in [-0.05, 0) is 25.8 Å². The molecule has 1 atom stereocenters.